The number of piperidine rings is 1. The molecule has 3 heterocycles. The second-order valence-electron chi connectivity index (χ2n) is 9.43. The molecule has 33 heavy (non-hydrogen) atoms. The lowest BCUT2D eigenvalue weighted by atomic mass is 9.76. The van der Waals surface area contributed by atoms with E-state index in [9.17, 15) is 4.79 Å². The third-order valence-electron chi connectivity index (χ3n) is 7.50. The highest BCUT2D eigenvalue weighted by Gasteiger charge is 2.40. The maximum atomic E-state index is 12.3. The molecule has 0 bridgehead atoms. The van der Waals surface area contributed by atoms with E-state index in [1.165, 1.54) is 22.2 Å². The highest BCUT2D eigenvalue weighted by Crippen LogP contribution is 2.45. The lowest BCUT2D eigenvalue weighted by Gasteiger charge is -2.46. The van der Waals surface area contributed by atoms with Crippen LogP contribution in [0.25, 0.3) is 10.9 Å². The first-order chi connectivity index (χ1) is 16.2. The number of aromatic amines is 1. The molecule has 0 saturated carbocycles. The smallest absolute Gasteiger partial charge is 0.306 e. The lowest BCUT2D eigenvalue weighted by Crippen LogP contribution is -2.46. The van der Waals surface area contributed by atoms with Crippen LogP contribution in [0.2, 0.25) is 0 Å². The van der Waals surface area contributed by atoms with E-state index in [0.29, 0.717) is 37.5 Å². The molecule has 1 saturated heterocycles. The average Bonchev–Trinajstić information content (AvgIpc) is 3.21. The first-order valence-corrected chi connectivity index (χ1v) is 12.4. The van der Waals surface area contributed by atoms with Crippen molar-refractivity contribution in [1.82, 2.24) is 9.88 Å². The van der Waals surface area contributed by atoms with Crippen LogP contribution in [-0.4, -0.2) is 35.5 Å². The molecule has 2 aromatic carbocycles. The molecule has 5 rings (SSSR count). The van der Waals surface area contributed by atoms with Gasteiger partial charge in [-0.05, 0) is 54.9 Å². The predicted octanol–water partition coefficient (Wildman–Crippen LogP) is 5.65. The van der Waals surface area contributed by atoms with Crippen LogP contribution < -0.4 is 4.74 Å². The second kappa shape index (κ2) is 9.60. The van der Waals surface area contributed by atoms with Gasteiger partial charge >= 0.3 is 5.97 Å². The molecule has 0 aliphatic carbocycles. The Morgan fingerprint density at radius 2 is 1.97 bits per heavy atom. The zero-order valence-corrected chi connectivity index (χ0v) is 19.7. The van der Waals surface area contributed by atoms with Crippen LogP contribution in [0.15, 0.2) is 48.5 Å². The van der Waals surface area contributed by atoms with Crippen molar-refractivity contribution in [2.75, 3.05) is 19.7 Å². The summed E-state index contributed by atoms with van der Waals surface area (Å²) in [6.07, 6.45) is 3.71. The van der Waals surface area contributed by atoms with Crippen LogP contribution in [0.1, 0.15) is 56.0 Å². The second-order valence-corrected chi connectivity index (χ2v) is 9.43. The van der Waals surface area contributed by atoms with Gasteiger partial charge in [-0.3, -0.25) is 9.69 Å². The molecule has 0 amide bonds. The van der Waals surface area contributed by atoms with Gasteiger partial charge in [0.05, 0.1) is 12.6 Å². The third-order valence-corrected chi connectivity index (χ3v) is 7.50. The molecule has 2 aliphatic rings. The highest BCUT2D eigenvalue weighted by molar-refractivity contribution is 5.86. The van der Waals surface area contributed by atoms with Crippen molar-refractivity contribution < 1.29 is 14.3 Å². The topological polar surface area (TPSA) is 54.6 Å². The maximum absolute atomic E-state index is 12.3. The molecule has 1 N–H and O–H groups in total. The summed E-state index contributed by atoms with van der Waals surface area (Å²) in [4.78, 5) is 18.6. The van der Waals surface area contributed by atoms with E-state index in [4.69, 9.17) is 9.47 Å². The molecule has 0 unspecified atom stereocenters. The zero-order valence-electron chi connectivity index (χ0n) is 19.7. The summed E-state index contributed by atoms with van der Waals surface area (Å²) in [5.74, 6) is 1.76. The molecular weight excluding hydrogens is 412 g/mol. The number of ether oxygens (including phenoxy) is 2. The van der Waals surface area contributed by atoms with E-state index in [-0.39, 0.29) is 5.97 Å². The quantitative estimate of drug-likeness (QED) is 0.477. The van der Waals surface area contributed by atoms with Gasteiger partial charge in [-0.25, -0.2) is 0 Å². The van der Waals surface area contributed by atoms with Crippen molar-refractivity contribution in [2.24, 2.45) is 11.8 Å². The van der Waals surface area contributed by atoms with Crippen molar-refractivity contribution in [3.05, 3.63) is 65.4 Å². The molecule has 5 nitrogen and oxygen atoms in total. The van der Waals surface area contributed by atoms with Crippen molar-refractivity contribution in [2.45, 2.75) is 52.2 Å². The number of aromatic nitrogens is 1. The van der Waals surface area contributed by atoms with E-state index in [1.807, 2.05) is 25.1 Å². The fourth-order valence-corrected chi connectivity index (χ4v) is 5.80. The molecule has 174 valence electrons. The summed E-state index contributed by atoms with van der Waals surface area (Å²) in [7, 11) is 0. The number of rotatable bonds is 7. The van der Waals surface area contributed by atoms with Crippen molar-refractivity contribution in [3.8, 4) is 5.75 Å². The molecule has 5 heteroatoms. The molecule has 2 aliphatic heterocycles. The molecule has 0 spiro atoms. The van der Waals surface area contributed by atoms with Crippen molar-refractivity contribution in [1.29, 1.82) is 0 Å². The molecular formula is C28H34N2O3. The largest absolute Gasteiger partial charge is 0.489 e. The van der Waals surface area contributed by atoms with Crippen LogP contribution >= 0.6 is 0 Å². The van der Waals surface area contributed by atoms with Gasteiger partial charge in [0.25, 0.3) is 0 Å². The fraction of sp³-hybridized carbons (Fsp3) is 0.464. The summed E-state index contributed by atoms with van der Waals surface area (Å²) >= 11 is 0. The molecule has 3 aromatic rings. The van der Waals surface area contributed by atoms with Crippen LogP contribution in [0.4, 0.5) is 0 Å². The highest BCUT2D eigenvalue weighted by atomic mass is 16.5. The van der Waals surface area contributed by atoms with E-state index in [1.54, 1.807) is 0 Å². The summed E-state index contributed by atoms with van der Waals surface area (Å²) in [6, 6.07) is 17.0. The minimum absolute atomic E-state index is 0.0534. The normalized spacial score (nSPS) is 22.5. The standard InChI is InChI=1S/C28H34N2O3/c1-3-20-17-30-13-12-24-23-11-10-22(33-18-19-8-6-5-7-9-19)16-25(23)29-28(24)26(30)14-21(20)15-27(31)32-4-2/h5-11,16,20-21,26,29H,3-4,12-15,17-18H2,1-2H3/t20-,21+,26-/m0/s1. The number of benzene rings is 2. The van der Waals surface area contributed by atoms with Gasteiger partial charge in [0.2, 0.25) is 0 Å². The van der Waals surface area contributed by atoms with Gasteiger partial charge < -0.3 is 14.5 Å². The predicted molar refractivity (Wildman–Crippen MR) is 130 cm³/mol. The number of hydrogen-bond acceptors (Lipinski definition) is 4. The van der Waals surface area contributed by atoms with E-state index < -0.39 is 0 Å². The Labute approximate surface area is 196 Å². The zero-order chi connectivity index (χ0) is 22.8. The number of nitrogens with zero attached hydrogens (tertiary/aromatic N) is 1. The first-order valence-electron chi connectivity index (χ1n) is 12.4. The Morgan fingerprint density at radius 3 is 2.76 bits per heavy atom. The molecule has 1 fully saturated rings. The van der Waals surface area contributed by atoms with E-state index in [2.05, 4.69) is 47.1 Å². The molecule has 0 radical (unpaired) electrons. The van der Waals surface area contributed by atoms with Crippen molar-refractivity contribution in [3.63, 3.8) is 0 Å². The Kier molecular flexibility index (Phi) is 6.41. The number of carbonyl (C=O) groups is 1. The summed E-state index contributed by atoms with van der Waals surface area (Å²) < 4.78 is 11.4. The van der Waals surface area contributed by atoms with Gasteiger partial charge in [0.15, 0.2) is 0 Å². The summed E-state index contributed by atoms with van der Waals surface area (Å²) in [5.41, 5.74) is 5.08. The number of H-pyrrole nitrogens is 1. The third kappa shape index (κ3) is 4.51. The first kappa shape index (κ1) is 22.0. The minimum Gasteiger partial charge on any atom is -0.489 e. The lowest BCUT2D eigenvalue weighted by molar-refractivity contribution is -0.145. The number of carbonyl (C=O) groups excluding carboxylic acids is 1. The van der Waals surface area contributed by atoms with E-state index in [0.717, 1.165) is 43.6 Å². The van der Waals surface area contributed by atoms with Crippen LogP contribution in [0.5, 0.6) is 5.75 Å². The van der Waals surface area contributed by atoms with E-state index >= 15 is 0 Å². The SMILES string of the molecule is CCOC(=O)C[C@H]1C[C@H]2c3[nH]c4cc(OCc5ccccc5)ccc4c3CCN2C[C@@H]1CC. The van der Waals surface area contributed by atoms with Gasteiger partial charge in [0, 0.05) is 42.2 Å². The van der Waals surface area contributed by atoms with Crippen LogP contribution in [-0.2, 0) is 22.6 Å². The fourth-order valence-electron chi connectivity index (χ4n) is 5.80. The summed E-state index contributed by atoms with van der Waals surface area (Å²) in [6.45, 7) is 7.30. The van der Waals surface area contributed by atoms with Crippen molar-refractivity contribution >= 4 is 16.9 Å². The summed E-state index contributed by atoms with van der Waals surface area (Å²) in [5, 5.41) is 1.30. The number of esters is 1. The number of nitrogens with one attached hydrogen (secondary N) is 1. The number of fused-ring (bicyclic) bond motifs is 5. The Morgan fingerprint density at radius 1 is 1.12 bits per heavy atom. The molecule has 1 aromatic heterocycles. The Balaban J connectivity index is 1.37. The van der Waals surface area contributed by atoms with Crippen LogP contribution in [0, 0.1) is 11.8 Å². The van der Waals surface area contributed by atoms with Gasteiger partial charge in [-0.2, -0.15) is 0 Å². The van der Waals surface area contributed by atoms with Gasteiger partial charge in [-0.1, -0.05) is 43.7 Å². The number of hydrogen-bond donors (Lipinski definition) is 1. The average molecular weight is 447 g/mol. The van der Waals surface area contributed by atoms with Gasteiger partial charge in [-0.15, -0.1) is 0 Å². The minimum atomic E-state index is -0.0534. The van der Waals surface area contributed by atoms with Crippen LogP contribution in [0.3, 0.4) is 0 Å². The Hall–Kier alpha value is -2.79. The van der Waals surface area contributed by atoms with Gasteiger partial charge in [0.1, 0.15) is 12.4 Å². The monoisotopic (exact) mass is 446 g/mol. The molecule has 3 atom stereocenters. The maximum Gasteiger partial charge on any atom is 0.306 e. The Bertz CT molecular complexity index is 1110.